The normalized spacial score (nSPS) is 42.0. The van der Waals surface area contributed by atoms with E-state index in [0.717, 1.165) is 11.1 Å². The van der Waals surface area contributed by atoms with Crippen LogP contribution in [0.2, 0.25) is 0 Å². The van der Waals surface area contributed by atoms with Crippen molar-refractivity contribution in [3.8, 4) is 0 Å². The molecule has 0 radical (unpaired) electrons. The van der Waals surface area contributed by atoms with Crippen molar-refractivity contribution in [1.29, 1.82) is 0 Å². The van der Waals surface area contributed by atoms with Gasteiger partial charge in [0.05, 0.1) is 0 Å². The lowest BCUT2D eigenvalue weighted by Crippen LogP contribution is -2.56. The summed E-state index contributed by atoms with van der Waals surface area (Å²) in [6.45, 7) is 7.01. The first-order valence-electron chi connectivity index (χ1n) is 10.2. The fourth-order valence-electron chi connectivity index (χ4n) is 6.66. The maximum atomic E-state index is 13.4. The molecular formula is C23H28O5. The summed E-state index contributed by atoms with van der Waals surface area (Å²) >= 11 is 0. The fraction of sp³-hybridized carbons (Fsp3) is 0.652. The molecule has 0 N–H and O–H groups in total. The second kappa shape index (κ2) is 6.23. The Morgan fingerprint density at radius 1 is 1.14 bits per heavy atom. The second-order valence-corrected chi connectivity index (χ2v) is 9.57. The Balaban J connectivity index is 1.72. The first kappa shape index (κ1) is 19.3. The third-order valence-corrected chi connectivity index (χ3v) is 7.86. The molecule has 4 aliphatic rings. The highest BCUT2D eigenvalue weighted by Gasteiger charge is 2.61. The van der Waals surface area contributed by atoms with E-state index < -0.39 is 10.8 Å². The largest absolute Gasteiger partial charge is 0.463 e. The SMILES string of the molecule is CC(=O)O[C@@H]1CCC2(C)C(C1)C(=O)C=C1C3CC=C(C(C)=O)C3(C)CC(=O)C12. The Hall–Kier alpha value is -2.04. The van der Waals surface area contributed by atoms with Gasteiger partial charge in [0, 0.05) is 30.6 Å². The standard InChI is InChI=1S/C23H28O5/c1-12(24)16-5-6-17-15-10-19(26)18-9-14(28-13(2)25)7-8-22(18,3)21(15)20(27)11-23(16,17)4/h5,10,14,17-18,21H,6-9,11H2,1-4H3/t14-,17?,18?,21?,22?,23?/m1/s1. The predicted octanol–water partition coefficient (Wildman–Crippen LogP) is 3.36. The zero-order valence-corrected chi connectivity index (χ0v) is 17.0. The Labute approximate surface area is 165 Å². The van der Waals surface area contributed by atoms with Crippen LogP contribution in [0, 0.1) is 28.6 Å². The van der Waals surface area contributed by atoms with Gasteiger partial charge < -0.3 is 4.74 Å². The second-order valence-electron chi connectivity index (χ2n) is 9.57. The van der Waals surface area contributed by atoms with Crippen molar-refractivity contribution >= 4 is 23.3 Å². The van der Waals surface area contributed by atoms with Crippen LogP contribution in [0.4, 0.5) is 0 Å². The van der Waals surface area contributed by atoms with E-state index in [-0.39, 0.29) is 47.2 Å². The van der Waals surface area contributed by atoms with E-state index in [2.05, 4.69) is 6.92 Å². The number of hydrogen-bond donors (Lipinski definition) is 0. The van der Waals surface area contributed by atoms with Gasteiger partial charge in [0.25, 0.3) is 0 Å². The summed E-state index contributed by atoms with van der Waals surface area (Å²) in [6.07, 6.45) is 6.34. The summed E-state index contributed by atoms with van der Waals surface area (Å²) in [7, 11) is 0. The highest BCUT2D eigenvalue weighted by molar-refractivity contribution is 6.02. The molecule has 0 aliphatic heterocycles. The van der Waals surface area contributed by atoms with E-state index in [9.17, 15) is 19.2 Å². The number of carbonyl (C=O) groups is 4. The minimum Gasteiger partial charge on any atom is -0.463 e. The molecule has 2 fully saturated rings. The van der Waals surface area contributed by atoms with Gasteiger partial charge in [-0.05, 0) is 55.6 Å². The maximum Gasteiger partial charge on any atom is 0.302 e. The molecule has 28 heavy (non-hydrogen) atoms. The molecular weight excluding hydrogens is 356 g/mol. The van der Waals surface area contributed by atoms with Crippen molar-refractivity contribution in [2.75, 3.05) is 0 Å². The summed E-state index contributed by atoms with van der Waals surface area (Å²) in [5.41, 5.74) is 0.739. The van der Waals surface area contributed by atoms with Gasteiger partial charge in [-0.1, -0.05) is 25.5 Å². The average molecular weight is 384 g/mol. The fourth-order valence-corrected chi connectivity index (χ4v) is 6.66. The number of hydrogen-bond acceptors (Lipinski definition) is 5. The maximum absolute atomic E-state index is 13.4. The lowest BCUT2D eigenvalue weighted by Gasteiger charge is -2.55. The van der Waals surface area contributed by atoms with Gasteiger partial charge in [-0.2, -0.15) is 0 Å². The van der Waals surface area contributed by atoms with Gasteiger partial charge in [0.2, 0.25) is 0 Å². The predicted molar refractivity (Wildman–Crippen MR) is 102 cm³/mol. The van der Waals surface area contributed by atoms with Crippen LogP contribution in [0.5, 0.6) is 0 Å². The van der Waals surface area contributed by atoms with Crippen LogP contribution < -0.4 is 0 Å². The van der Waals surface area contributed by atoms with Crippen LogP contribution in [-0.2, 0) is 23.9 Å². The van der Waals surface area contributed by atoms with Gasteiger partial charge >= 0.3 is 5.97 Å². The molecule has 4 aliphatic carbocycles. The molecule has 5 heteroatoms. The van der Waals surface area contributed by atoms with Crippen LogP contribution in [0.3, 0.4) is 0 Å². The number of esters is 1. The highest BCUT2D eigenvalue weighted by atomic mass is 16.5. The number of rotatable bonds is 2. The molecule has 150 valence electrons. The van der Waals surface area contributed by atoms with Crippen LogP contribution in [0.25, 0.3) is 0 Å². The molecule has 2 saturated carbocycles. The smallest absolute Gasteiger partial charge is 0.302 e. The van der Waals surface area contributed by atoms with Crippen LogP contribution in [0.1, 0.15) is 59.8 Å². The Morgan fingerprint density at radius 3 is 2.50 bits per heavy atom. The van der Waals surface area contributed by atoms with Gasteiger partial charge in [-0.3, -0.25) is 19.2 Å². The molecule has 5 unspecified atom stereocenters. The molecule has 0 aromatic heterocycles. The van der Waals surface area contributed by atoms with Crippen LogP contribution in [-0.4, -0.2) is 29.4 Å². The van der Waals surface area contributed by atoms with Crippen molar-refractivity contribution in [2.24, 2.45) is 28.6 Å². The van der Waals surface area contributed by atoms with Gasteiger partial charge in [-0.25, -0.2) is 0 Å². The van der Waals surface area contributed by atoms with E-state index >= 15 is 0 Å². The molecule has 0 saturated heterocycles. The van der Waals surface area contributed by atoms with Gasteiger partial charge in [-0.15, -0.1) is 0 Å². The summed E-state index contributed by atoms with van der Waals surface area (Å²) in [5.74, 6) is -0.650. The third kappa shape index (κ3) is 2.58. The Bertz CT molecular complexity index is 849. The quantitative estimate of drug-likeness (QED) is 0.682. The van der Waals surface area contributed by atoms with Crippen LogP contribution in [0.15, 0.2) is 23.3 Å². The first-order chi connectivity index (χ1) is 13.1. The Morgan fingerprint density at radius 2 is 1.86 bits per heavy atom. The lowest BCUT2D eigenvalue weighted by atomic mass is 9.47. The summed E-state index contributed by atoms with van der Waals surface area (Å²) in [4.78, 5) is 50.0. The number of Topliss-reactive ketones (excluding diaryl/α,β-unsaturated/α-hetero) is 2. The van der Waals surface area contributed by atoms with Crippen molar-refractivity contribution in [3.63, 3.8) is 0 Å². The third-order valence-electron chi connectivity index (χ3n) is 7.86. The van der Waals surface area contributed by atoms with E-state index in [0.29, 0.717) is 32.1 Å². The topological polar surface area (TPSA) is 77.5 Å². The molecule has 4 rings (SSSR count). The molecule has 0 bridgehead atoms. The molecule has 0 aromatic carbocycles. The first-order valence-corrected chi connectivity index (χ1v) is 10.2. The van der Waals surface area contributed by atoms with Crippen molar-refractivity contribution in [3.05, 3.63) is 23.3 Å². The lowest BCUT2D eigenvalue weighted by molar-refractivity contribution is -0.157. The minimum absolute atomic E-state index is 0.0185. The number of allylic oxidation sites excluding steroid dienone is 4. The molecule has 0 heterocycles. The summed E-state index contributed by atoms with van der Waals surface area (Å²) < 4.78 is 5.38. The van der Waals surface area contributed by atoms with Crippen LogP contribution >= 0.6 is 0 Å². The van der Waals surface area contributed by atoms with E-state index in [4.69, 9.17) is 4.74 Å². The monoisotopic (exact) mass is 384 g/mol. The Kier molecular flexibility index (Phi) is 4.29. The minimum atomic E-state index is -0.496. The van der Waals surface area contributed by atoms with Crippen molar-refractivity contribution in [1.82, 2.24) is 0 Å². The summed E-state index contributed by atoms with van der Waals surface area (Å²) in [6, 6.07) is 0. The van der Waals surface area contributed by atoms with Crippen molar-refractivity contribution < 1.29 is 23.9 Å². The van der Waals surface area contributed by atoms with E-state index in [1.165, 1.54) is 6.92 Å². The van der Waals surface area contributed by atoms with Gasteiger partial charge in [0.15, 0.2) is 11.6 Å². The number of fused-ring (bicyclic) bond motifs is 5. The van der Waals surface area contributed by atoms with Gasteiger partial charge in [0.1, 0.15) is 11.9 Å². The van der Waals surface area contributed by atoms with E-state index in [1.807, 2.05) is 13.0 Å². The molecule has 5 nitrogen and oxygen atoms in total. The molecule has 6 atom stereocenters. The number of ketones is 3. The highest BCUT2D eigenvalue weighted by Crippen LogP contribution is 2.63. The summed E-state index contributed by atoms with van der Waals surface area (Å²) in [5, 5.41) is 0. The zero-order chi connectivity index (χ0) is 20.4. The number of ether oxygens (including phenoxy) is 1. The van der Waals surface area contributed by atoms with E-state index in [1.54, 1.807) is 13.0 Å². The average Bonchev–Trinajstić information content (AvgIpc) is 2.92. The molecule has 0 spiro atoms. The molecule has 0 amide bonds. The zero-order valence-electron chi connectivity index (χ0n) is 17.0. The number of carbonyl (C=O) groups excluding carboxylic acids is 4. The molecule has 0 aromatic rings. The van der Waals surface area contributed by atoms with Crippen molar-refractivity contribution in [2.45, 2.75) is 65.9 Å².